The third kappa shape index (κ3) is 2.25. The van der Waals surface area contributed by atoms with E-state index in [2.05, 4.69) is 9.97 Å². The quantitative estimate of drug-likeness (QED) is 0.819. The summed E-state index contributed by atoms with van der Waals surface area (Å²) in [7, 11) is 0. The van der Waals surface area contributed by atoms with Crippen LogP contribution < -0.4 is 10.5 Å². The Hall–Kier alpha value is -2.61. The normalized spacial score (nSPS) is 9.44. The number of hydrogen-bond donors (Lipinski definition) is 1. The lowest BCUT2D eigenvalue weighted by atomic mass is 10.2. The minimum absolute atomic E-state index is 0.198. The zero-order chi connectivity index (χ0) is 11.4. The van der Waals surface area contributed by atoms with Crippen molar-refractivity contribution in [2.24, 2.45) is 0 Å². The number of nitriles is 1. The fourth-order valence-corrected chi connectivity index (χ4v) is 1.11. The highest BCUT2D eigenvalue weighted by Gasteiger charge is 2.00. The summed E-state index contributed by atoms with van der Waals surface area (Å²) >= 11 is 0. The number of nitrogen functional groups attached to an aromatic ring is 1. The summed E-state index contributed by atoms with van der Waals surface area (Å²) in [6.45, 7) is 0. The summed E-state index contributed by atoms with van der Waals surface area (Å²) in [6.07, 6.45) is 2.91. The van der Waals surface area contributed by atoms with Crippen molar-refractivity contribution >= 4 is 5.69 Å². The second-order valence-electron chi connectivity index (χ2n) is 3.04. The van der Waals surface area contributed by atoms with Crippen LogP contribution in [0.1, 0.15) is 5.56 Å². The maximum absolute atomic E-state index is 8.71. The van der Waals surface area contributed by atoms with Crippen molar-refractivity contribution in [3.05, 3.63) is 42.2 Å². The van der Waals surface area contributed by atoms with Gasteiger partial charge in [-0.25, -0.2) is 9.97 Å². The van der Waals surface area contributed by atoms with E-state index in [-0.39, 0.29) is 6.01 Å². The van der Waals surface area contributed by atoms with Gasteiger partial charge in [0.2, 0.25) is 0 Å². The lowest BCUT2D eigenvalue weighted by Gasteiger charge is -2.03. The van der Waals surface area contributed by atoms with Gasteiger partial charge in [-0.2, -0.15) is 5.26 Å². The van der Waals surface area contributed by atoms with E-state index in [1.54, 1.807) is 24.3 Å². The number of ether oxygens (including phenoxy) is 1. The standard InChI is InChI=1S/C11H8N4O/c12-5-8-2-1-3-10(4-8)16-11-14-6-9(13)7-15-11/h1-4,6-7H,13H2. The highest BCUT2D eigenvalue weighted by molar-refractivity contribution is 5.37. The highest BCUT2D eigenvalue weighted by Crippen LogP contribution is 2.18. The molecule has 0 amide bonds. The first-order valence-electron chi connectivity index (χ1n) is 4.53. The van der Waals surface area contributed by atoms with E-state index in [1.807, 2.05) is 6.07 Å². The van der Waals surface area contributed by atoms with Gasteiger partial charge in [0.05, 0.1) is 29.7 Å². The van der Waals surface area contributed by atoms with E-state index in [4.69, 9.17) is 15.7 Å². The monoisotopic (exact) mass is 212 g/mol. The van der Waals surface area contributed by atoms with Crippen LogP contribution in [0, 0.1) is 11.3 Å². The van der Waals surface area contributed by atoms with E-state index in [0.29, 0.717) is 17.0 Å². The van der Waals surface area contributed by atoms with Crippen LogP contribution in [0.3, 0.4) is 0 Å². The molecule has 0 spiro atoms. The zero-order valence-corrected chi connectivity index (χ0v) is 8.29. The van der Waals surface area contributed by atoms with Crippen molar-refractivity contribution in [2.75, 3.05) is 5.73 Å². The van der Waals surface area contributed by atoms with Crippen LogP contribution in [0.15, 0.2) is 36.7 Å². The Morgan fingerprint density at radius 1 is 1.25 bits per heavy atom. The Labute approximate surface area is 92.1 Å². The molecule has 78 valence electrons. The van der Waals surface area contributed by atoms with Gasteiger partial charge in [-0.1, -0.05) is 6.07 Å². The zero-order valence-electron chi connectivity index (χ0n) is 8.29. The minimum atomic E-state index is 0.198. The Morgan fingerprint density at radius 2 is 2.00 bits per heavy atom. The van der Waals surface area contributed by atoms with Crippen LogP contribution in [0.4, 0.5) is 5.69 Å². The molecular weight excluding hydrogens is 204 g/mol. The molecule has 2 aromatic rings. The van der Waals surface area contributed by atoms with Crippen LogP contribution in [-0.2, 0) is 0 Å². The van der Waals surface area contributed by atoms with Crippen molar-refractivity contribution in [3.63, 3.8) is 0 Å². The third-order valence-electron chi connectivity index (χ3n) is 1.82. The number of rotatable bonds is 2. The maximum Gasteiger partial charge on any atom is 0.322 e. The van der Waals surface area contributed by atoms with Gasteiger partial charge in [0.1, 0.15) is 5.75 Å². The van der Waals surface area contributed by atoms with E-state index >= 15 is 0 Å². The fraction of sp³-hybridized carbons (Fsp3) is 0. The Balaban J connectivity index is 2.21. The van der Waals surface area contributed by atoms with Crippen molar-refractivity contribution in [1.29, 1.82) is 5.26 Å². The molecule has 16 heavy (non-hydrogen) atoms. The van der Waals surface area contributed by atoms with Crippen molar-refractivity contribution < 1.29 is 4.74 Å². The Kier molecular flexibility index (Phi) is 2.65. The molecule has 1 aromatic heterocycles. The van der Waals surface area contributed by atoms with Crippen molar-refractivity contribution in [3.8, 4) is 17.8 Å². The van der Waals surface area contributed by atoms with Crippen LogP contribution in [0.2, 0.25) is 0 Å². The molecule has 0 aliphatic carbocycles. The third-order valence-corrected chi connectivity index (χ3v) is 1.82. The van der Waals surface area contributed by atoms with Crippen molar-refractivity contribution in [1.82, 2.24) is 9.97 Å². The second kappa shape index (κ2) is 4.28. The lowest BCUT2D eigenvalue weighted by Crippen LogP contribution is -1.93. The van der Waals surface area contributed by atoms with Gasteiger partial charge in [-0.3, -0.25) is 0 Å². The van der Waals surface area contributed by atoms with Crippen LogP contribution in [0.5, 0.6) is 11.8 Å². The molecule has 5 heteroatoms. The molecule has 1 heterocycles. The van der Waals surface area contributed by atoms with Gasteiger partial charge in [-0.05, 0) is 18.2 Å². The van der Waals surface area contributed by atoms with E-state index in [9.17, 15) is 0 Å². The molecule has 0 bridgehead atoms. The van der Waals surface area contributed by atoms with Gasteiger partial charge < -0.3 is 10.5 Å². The topological polar surface area (TPSA) is 84.8 Å². The first kappa shape index (κ1) is 9.93. The number of hydrogen-bond acceptors (Lipinski definition) is 5. The van der Waals surface area contributed by atoms with E-state index in [0.717, 1.165) is 0 Å². The number of aromatic nitrogens is 2. The lowest BCUT2D eigenvalue weighted by molar-refractivity contribution is 0.442. The summed E-state index contributed by atoms with van der Waals surface area (Å²) in [5.41, 5.74) is 6.43. The summed E-state index contributed by atoms with van der Waals surface area (Å²) in [4.78, 5) is 7.78. The molecular formula is C11H8N4O. The molecule has 0 radical (unpaired) electrons. The number of nitrogens with two attached hydrogens (primary N) is 1. The van der Waals surface area contributed by atoms with Gasteiger partial charge in [0.15, 0.2) is 0 Å². The van der Waals surface area contributed by atoms with Gasteiger partial charge in [0, 0.05) is 0 Å². The average molecular weight is 212 g/mol. The van der Waals surface area contributed by atoms with Gasteiger partial charge >= 0.3 is 6.01 Å². The van der Waals surface area contributed by atoms with E-state index < -0.39 is 0 Å². The molecule has 0 unspecified atom stereocenters. The number of anilines is 1. The van der Waals surface area contributed by atoms with Gasteiger partial charge in [0.25, 0.3) is 0 Å². The molecule has 5 nitrogen and oxygen atoms in total. The molecule has 2 rings (SSSR count). The fourth-order valence-electron chi connectivity index (χ4n) is 1.11. The van der Waals surface area contributed by atoms with Crippen LogP contribution in [-0.4, -0.2) is 9.97 Å². The van der Waals surface area contributed by atoms with Gasteiger partial charge in [-0.15, -0.1) is 0 Å². The molecule has 1 aromatic carbocycles. The predicted molar refractivity (Wildman–Crippen MR) is 57.7 cm³/mol. The van der Waals surface area contributed by atoms with Crippen LogP contribution in [0.25, 0.3) is 0 Å². The Morgan fingerprint density at radius 3 is 2.69 bits per heavy atom. The Bertz CT molecular complexity index is 530. The molecule has 0 saturated carbocycles. The number of benzene rings is 1. The molecule has 0 atom stereocenters. The number of nitrogens with zero attached hydrogens (tertiary/aromatic N) is 3. The summed E-state index contributed by atoms with van der Waals surface area (Å²) in [6, 6.07) is 8.97. The predicted octanol–water partition coefficient (Wildman–Crippen LogP) is 1.72. The summed E-state index contributed by atoms with van der Waals surface area (Å²) in [5, 5.41) is 8.71. The smallest absolute Gasteiger partial charge is 0.322 e. The van der Waals surface area contributed by atoms with Crippen molar-refractivity contribution in [2.45, 2.75) is 0 Å². The SMILES string of the molecule is N#Cc1cccc(Oc2ncc(N)cn2)c1. The highest BCUT2D eigenvalue weighted by atomic mass is 16.5. The molecule has 0 saturated heterocycles. The summed E-state index contributed by atoms with van der Waals surface area (Å²) < 4.78 is 5.35. The molecule has 0 fully saturated rings. The first-order chi connectivity index (χ1) is 7.78. The molecule has 0 aliphatic heterocycles. The average Bonchev–Trinajstić information content (AvgIpc) is 2.32. The van der Waals surface area contributed by atoms with Crippen LogP contribution >= 0.6 is 0 Å². The maximum atomic E-state index is 8.71. The largest absolute Gasteiger partial charge is 0.424 e. The van der Waals surface area contributed by atoms with E-state index in [1.165, 1.54) is 12.4 Å². The molecule has 2 N–H and O–H groups in total. The minimum Gasteiger partial charge on any atom is -0.424 e. The summed E-state index contributed by atoms with van der Waals surface area (Å²) in [5.74, 6) is 0.517. The molecule has 0 aliphatic rings. The first-order valence-corrected chi connectivity index (χ1v) is 4.53. The second-order valence-corrected chi connectivity index (χ2v) is 3.04.